The van der Waals surface area contributed by atoms with E-state index in [4.69, 9.17) is 21.1 Å². The predicted molar refractivity (Wildman–Crippen MR) is 122 cm³/mol. The molecular formula is C25H19ClFNO5. The fourth-order valence-corrected chi connectivity index (χ4v) is 4.00. The lowest BCUT2D eigenvalue weighted by Gasteiger charge is -2.26. The maximum atomic E-state index is 13.8. The van der Waals surface area contributed by atoms with Crippen molar-refractivity contribution in [3.63, 3.8) is 0 Å². The summed E-state index contributed by atoms with van der Waals surface area (Å²) < 4.78 is 24.5. The van der Waals surface area contributed by atoms with Gasteiger partial charge in [-0.2, -0.15) is 0 Å². The Morgan fingerprint density at radius 1 is 0.970 bits per heavy atom. The van der Waals surface area contributed by atoms with E-state index >= 15 is 0 Å². The van der Waals surface area contributed by atoms with E-state index in [2.05, 4.69) is 0 Å². The molecule has 33 heavy (non-hydrogen) atoms. The van der Waals surface area contributed by atoms with Gasteiger partial charge in [0.2, 0.25) is 0 Å². The molecule has 0 aromatic heterocycles. The molecule has 1 heterocycles. The fraction of sp³-hybridized carbons (Fsp3) is 0.120. The number of ether oxygens (including phenoxy) is 2. The number of aliphatic hydroxyl groups excluding tert-OH is 1. The average Bonchev–Trinajstić information content (AvgIpc) is 3.10. The summed E-state index contributed by atoms with van der Waals surface area (Å²) in [6.07, 6.45) is 0. The maximum absolute atomic E-state index is 13.8. The van der Waals surface area contributed by atoms with E-state index in [0.29, 0.717) is 22.6 Å². The molecule has 3 aromatic carbocycles. The molecule has 0 saturated carbocycles. The molecule has 1 amide bonds. The normalized spacial score (nSPS) is 17.3. The number of carbonyl (C=O) groups excluding carboxylic acids is 2. The van der Waals surface area contributed by atoms with Crippen molar-refractivity contribution in [3.8, 4) is 11.5 Å². The van der Waals surface area contributed by atoms with Crippen LogP contribution < -0.4 is 14.4 Å². The summed E-state index contributed by atoms with van der Waals surface area (Å²) in [7, 11) is 2.95. The summed E-state index contributed by atoms with van der Waals surface area (Å²) >= 11 is 5.96. The van der Waals surface area contributed by atoms with Gasteiger partial charge in [-0.1, -0.05) is 48.0 Å². The highest BCUT2D eigenvalue weighted by Gasteiger charge is 2.47. The van der Waals surface area contributed by atoms with E-state index in [0.717, 1.165) is 6.07 Å². The number of Topliss-reactive ketones (excluding diaryl/α,β-unsaturated/α-hetero) is 1. The second-order valence-electron chi connectivity index (χ2n) is 7.25. The summed E-state index contributed by atoms with van der Waals surface area (Å²) in [6.45, 7) is 0. The largest absolute Gasteiger partial charge is 0.507 e. The second-order valence-corrected chi connectivity index (χ2v) is 7.66. The van der Waals surface area contributed by atoms with Crippen LogP contribution in [0, 0.1) is 5.82 Å². The van der Waals surface area contributed by atoms with E-state index < -0.39 is 23.5 Å². The zero-order chi connectivity index (χ0) is 23.7. The molecule has 0 bridgehead atoms. The zero-order valence-electron chi connectivity index (χ0n) is 17.7. The van der Waals surface area contributed by atoms with Crippen molar-refractivity contribution in [2.75, 3.05) is 19.1 Å². The molecule has 3 aromatic rings. The summed E-state index contributed by atoms with van der Waals surface area (Å²) in [6, 6.07) is 16.0. The van der Waals surface area contributed by atoms with Gasteiger partial charge in [0.15, 0.2) is 11.5 Å². The van der Waals surface area contributed by atoms with Gasteiger partial charge in [0.25, 0.3) is 11.7 Å². The van der Waals surface area contributed by atoms with Crippen LogP contribution in [0.15, 0.2) is 72.3 Å². The topological polar surface area (TPSA) is 76.1 Å². The number of benzene rings is 3. The smallest absolute Gasteiger partial charge is 0.300 e. The number of rotatable bonds is 5. The maximum Gasteiger partial charge on any atom is 0.300 e. The molecule has 1 atom stereocenters. The second kappa shape index (κ2) is 8.96. The van der Waals surface area contributed by atoms with Crippen molar-refractivity contribution in [2.45, 2.75) is 6.04 Å². The van der Waals surface area contributed by atoms with Crippen molar-refractivity contribution < 1.29 is 28.6 Å². The van der Waals surface area contributed by atoms with Crippen LogP contribution in [0.3, 0.4) is 0 Å². The Morgan fingerprint density at radius 3 is 2.30 bits per heavy atom. The number of halogens is 2. The van der Waals surface area contributed by atoms with E-state index in [9.17, 15) is 19.1 Å². The van der Waals surface area contributed by atoms with Crippen LogP contribution in [-0.2, 0) is 9.59 Å². The van der Waals surface area contributed by atoms with Crippen molar-refractivity contribution in [1.29, 1.82) is 0 Å². The van der Waals surface area contributed by atoms with Crippen LogP contribution >= 0.6 is 11.6 Å². The van der Waals surface area contributed by atoms with Crippen molar-refractivity contribution >= 4 is 34.7 Å². The number of hydrogen-bond donors (Lipinski definition) is 1. The third-order valence-electron chi connectivity index (χ3n) is 5.40. The van der Waals surface area contributed by atoms with Gasteiger partial charge in [-0.3, -0.25) is 14.5 Å². The number of carbonyl (C=O) groups is 2. The number of anilines is 1. The zero-order valence-corrected chi connectivity index (χ0v) is 18.5. The van der Waals surface area contributed by atoms with Crippen LogP contribution in [0.4, 0.5) is 10.1 Å². The Labute approximate surface area is 194 Å². The Balaban J connectivity index is 1.98. The minimum Gasteiger partial charge on any atom is -0.507 e. The van der Waals surface area contributed by atoms with Crippen LogP contribution in [0.1, 0.15) is 17.2 Å². The van der Waals surface area contributed by atoms with Gasteiger partial charge < -0.3 is 14.6 Å². The fourth-order valence-electron chi connectivity index (χ4n) is 3.82. The number of ketones is 1. The molecule has 0 aliphatic carbocycles. The average molecular weight is 468 g/mol. The molecule has 168 valence electrons. The molecule has 1 fully saturated rings. The summed E-state index contributed by atoms with van der Waals surface area (Å²) in [5.74, 6) is -1.93. The van der Waals surface area contributed by atoms with Gasteiger partial charge in [-0.05, 0) is 35.9 Å². The number of hydrogen-bond acceptors (Lipinski definition) is 5. The van der Waals surface area contributed by atoms with Crippen molar-refractivity contribution in [2.24, 2.45) is 0 Å². The molecule has 1 N–H and O–H groups in total. The highest BCUT2D eigenvalue weighted by Crippen LogP contribution is 2.44. The first-order valence-corrected chi connectivity index (χ1v) is 10.3. The van der Waals surface area contributed by atoms with E-state index in [1.165, 1.54) is 31.3 Å². The SMILES string of the molecule is COc1ccc(C2/C(=C(\O)c3ccccc3)C(=O)C(=O)N2c2ccc(F)c(Cl)c2)cc1OC. The first-order valence-electron chi connectivity index (χ1n) is 9.90. The van der Waals surface area contributed by atoms with Gasteiger partial charge >= 0.3 is 0 Å². The lowest BCUT2D eigenvalue weighted by atomic mass is 9.94. The Hall–Kier alpha value is -3.84. The minimum atomic E-state index is -1.02. The molecule has 1 unspecified atom stereocenters. The number of amides is 1. The van der Waals surface area contributed by atoms with Crippen molar-refractivity contribution in [1.82, 2.24) is 0 Å². The third kappa shape index (κ3) is 3.91. The van der Waals surface area contributed by atoms with E-state index in [1.54, 1.807) is 48.5 Å². The standard InChI is InChI=1S/C25H19ClFNO5/c1-32-19-11-8-15(12-20(19)33-2)22-21(23(29)14-6-4-3-5-7-14)24(30)25(31)28(22)16-9-10-18(27)17(26)13-16/h3-13,22,29H,1-2H3/b23-21+. The molecule has 0 radical (unpaired) electrons. The van der Waals surface area contributed by atoms with Crippen molar-refractivity contribution in [3.05, 3.63) is 94.3 Å². The van der Waals surface area contributed by atoms with Gasteiger partial charge in [0.1, 0.15) is 11.6 Å². The molecule has 1 aliphatic rings. The van der Waals surface area contributed by atoms with E-state index in [-0.39, 0.29) is 22.0 Å². The summed E-state index contributed by atoms with van der Waals surface area (Å²) in [5, 5.41) is 10.9. The monoisotopic (exact) mass is 467 g/mol. The summed E-state index contributed by atoms with van der Waals surface area (Å²) in [5.41, 5.74) is 0.942. The van der Waals surface area contributed by atoms with Gasteiger partial charge in [0, 0.05) is 11.3 Å². The quantitative estimate of drug-likeness (QED) is 0.320. The van der Waals surface area contributed by atoms with Crippen LogP contribution in [0.2, 0.25) is 5.02 Å². The molecule has 1 saturated heterocycles. The highest BCUT2D eigenvalue weighted by molar-refractivity contribution is 6.51. The molecule has 6 nitrogen and oxygen atoms in total. The van der Waals surface area contributed by atoms with Crippen LogP contribution in [0.5, 0.6) is 11.5 Å². The minimum absolute atomic E-state index is 0.112. The lowest BCUT2D eigenvalue weighted by Crippen LogP contribution is -2.29. The number of methoxy groups -OCH3 is 2. The summed E-state index contributed by atoms with van der Waals surface area (Å²) in [4.78, 5) is 27.5. The van der Waals surface area contributed by atoms with Crippen LogP contribution in [-0.4, -0.2) is 31.0 Å². The Kier molecular flexibility index (Phi) is 6.07. The molecule has 0 spiro atoms. The number of aliphatic hydroxyl groups is 1. The Bertz CT molecular complexity index is 1280. The first kappa shape index (κ1) is 22.4. The molecule has 4 rings (SSSR count). The third-order valence-corrected chi connectivity index (χ3v) is 5.69. The highest BCUT2D eigenvalue weighted by atomic mass is 35.5. The van der Waals surface area contributed by atoms with Gasteiger partial charge in [-0.15, -0.1) is 0 Å². The molecule has 1 aliphatic heterocycles. The van der Waals surface area contributed by atoms with E-state index in [1.807, 2.05) is 0 Å². The first-order chi connectivity index (χ1) is 15.9. The molecular weight excluding hydrogens is 449 g/mol. The molecule has 8 heteroatoms. The number of nitrogens with zero attached hydrogens (tertiary/aromatic N) is 1. The predicted octanol–water partition coefficient (Wildman–Crippen LogP) is 5.12. The Morgan fingerprint density at radius 2 is 1.67 bits per heavy atom. The van der Waals surface area contributed by atoms with Crippen LogP contribution in [0.25, 0.3) is 5.76 Å². The van der Waals surface area contributed by atoms with Gasteiger partial charge in [0.05, 0.1) is 30.9 Å². The lowest BCUT2D eigenvalue weighted by molar-refractivity contribution is -0.132. The van der Waals surface area contributed by atoms with Gasteiger partial charge in [-0.25, -0.2) is 4.39 Å².